The van der Waals surface area contributed by atoms with Crippen LogP contribution in [0.15, 0.2) is 54.6 Å². The molecular weight excluding hydrogens is 493 g/mol. The van der Waals surface area contributed by atoms with Crippen LogP contribution in [-0.2, 0) is 10.2 Å². The zero-order valence-corrected chi connectivity index (χ0v) is 19.8. The van der Waals surface area contributed by atoms with Gasteiger partial charge in [0.25, 0.3) is 0 Å². The number of carbonyl (C=O) groups excluding carboxylic acids is 2. The van der Waals surface area contributed by atoms with Gasteiger partial charge in [-0.05, 0) is 29.8 Å². The Morgan fingerprint density at radius 1 is 0.971 bits per heavy atom. The molecule has 3 aliphatic rings. The summed E-state index contributed by atoms with van der Waals surface area (Å²) in [7, 11) is 0. The van der Waals surface area contributed by atoms with E-state index in [2.05, 4.69) is 10.6 Å². The highest BCUT2D eigenvalue weighted by Gasteiger charge is 2.57. The molecule has 0 bridgehead atoms. The van der Waals surface area contributed by atoms with Gasteiger partial charge in [0.2, 0.25) is 12.7 Å². The lowest BCUT2D eigenvalue weighted by Gasteiger charge is -2.23. The highest BCUT2D eigenvalue weighted by atomic mass is 35.5. The monoisotopic (exact) mass is 511 g/mol. The summed E-state index contributed by atoms with van der Waals surface area (Å²) in [6.07, 6.45) is 0. The molecule has 35 heavy (non-hydrogen) atoms. The average Bonchev–Trinajstić information content (AvgIpc) is 3.53. The Morgan fingerprint density at radius 3 is 2.63 bits per heavy atom. The first-order valence-electron chi connectivity index (χ1n) is 11.0. The number of nitrogens with zero attached hydrogens (tertiary/aromatic N) is 1. The van der Waals surface area contributed by atoms with Crippen molar-refractivity contribution in [1.29, 1.82) is 0 Å². The third kappa shape index (κ3) is 3.36. The third-order valence-electron chi connectivity index (χ3n) is 6.46. The number of ether oxygens (including phenoxy) is 3. The second-order valence-corrected chi connectivity index (χ2v) is 9.14. The lowest BCUT2D eigenvalue weighted by Crippen LogP contribution is -2.45. The number of rotatable bonds is 4. The minimum atomic E-state index is -0.983. The van der Waals surface area contributed by atoms with Crippen molar-refractivity contribution in [2.75, 3.05) is 36.7 Å². The summed E-state index contributed by atoms with van der Waals surface area (Å²) < 4.78 is 17.0. The van der Waals surface area contributed by atoms with Gasteiger partial charge in [0.1, 0.15) is 17.8 Å². The highest BCUT2D eigenvalue weighted by Crippen LogP contribution is 2.54. The molecule has 1 atom stereocenters. The van der Waals surface area contributed by atoms with Crippen molar-refractivity contribution >= 4 is 46.5 Å². The molecule has 1 unspecified atom stereocenters. The zero-order valence-electron chi connectivity index (χ0n) is 18.3. The molecule has 1 spiro atoms. The van der Waals surface area contributed by atoms with Gasteiger partial charge in [-0.3, -0.25) is 4.79 Å². The molecule has 3 amide bonds. The number of para-hydroxylation sites is 1. The maximum atomic E-state index is 13.9. The number of fused-ring (bicyclic) bond motifs is 5. The number of benzene rings is 3. The molecule has 3 heterocycles. The van der Waals surface area contributed by atoms with Gasteiger partial charge in [0.05, 0.1) is 15.7 Å². The number of urea groups is 1. The summed E-state index contributed by atoms with van der Waals surface area (Å²) in [6.45, 7) is 0.804. The Balaban J connectivity index is 1.23. The molecule has 10 heteroatoms. The third-order valence-corrected chi connectivity index (χ3v) is 7.28. The lowest BCUT2D eigenvalue weighted by atomic mass is 9.77. The molecule has 8 nitrogen and oxygen atoms in total. The van der Waals surface area contributed by atoms with E-state index in [4.69, 9.17) is 37.4 Å². The van der Waals surface area contributed by atoms with Crippen LogP contribution < -0.4 is 29.7 Å². The number of halogens is 2. The molecular formula is C25H19Cl2N3O5. The van der Waals surface area contributed by atoms with E-state index in [1.165, 1.54) is 0 Å². The van der Waals surface area contributed by atoms with Gasteiger partial charge in [-0.25, -0.2) is 4.79 Å². The molecule has 0 aromatic heterocycles. The normalized spacial score (nSPS) is 18.9. The summed E-state index contributed by atoms with van der Waals surface area (Å²) in [5, 5.41) is 6.05. The quantitative estimate of drug-likeness (QED) is 0.535. The summed E-state index contributed by atoms with van der Waals surface area (Å²) in [5.41, 5.74) is 1.81. The summed E-state index contributed by atoms with van der Waals surface area (Å²) in [6, 6.07) is 15.8. The van der Waals surface area contributed by atoms with Crippen molar-refractivity contribution in [2.24, 2.45) is 0 Å². The molecule has 178 valence electrons. The van der Waals surface area contributed by atoms with Crippen molar-refractivity contribution in [3.05, 3.63) is 75.8 Å². The van der Waals surface area contributed by atoms with Crippen LogP contribution in [-0.4, -0.2) is 38.4 Å². The molecule has 2 N–H and O–H groups in total. The van der Waals surface area contributed by atoms with Gasteiger partial charge in [-0.2, -0.15) is 0 Å². The maximum Gasteiger partial charge on any atom is 0.319 e. The predicted molar refractivity (Wildman–Crippen MR) is 131 cm³/mol. The number of amides is 3. The van der Waals surface area contributed by atoms with E-state index in [-0.39, 0.29) is 37.4 Å². The number of nitrogens with one attached hydrogen (secondary N) is 2. The van der Waals surface area contributed by atoms with Crippen LogP contribution in [0.25, 0.3) is 0 Å². The van der Waals surface area contributed by atoms with E-state index in [9.17, 15) is 9.59 Å². The molecule has 3 aromatic carbocycles. The molecule has 0 saturated carbocycles. The predicted octanol–water partition coefficient (Wildman–Crippen LogP) is 4.57. The maximum absolute atomic E-state index is 13.9. The number of anilines is 2. The Kier molecular flexibility index (Phi) is 5.16. The fourth-order valence-corrected chi connectivity index (χ4v) is 5.18. The minimum absolute atomic E-state index is 0.114. The fraction of sp³-hybridized carbons (Fsp3) is 0.200. The Hall–Kier alpha value is -3.62. The molecule has 3 aliphatic heterocycles. The van der Waals surface area contributed by atoms with Crippen molar-refractivity contribution in [3.63, 3.8) is 0 Å². The minimum Gasteiger partial charge on any atom is -0.491 e. The van der Waals surface area contributed by atoms with Gasteiger partial charge in [-0.15, -0.1) is 0 Å². The largest absolute Gasteiger partial charge is 0.491 e. The van der Waals surface area contributed by atoms with Crippen LogP contribution >= 0.6 is 23.2 Å². The zero-order chi connectivity index (χ0) is 24.2. The fourth-order valence-electron chi connectivity index (χ4n) is 4.83. The molecule has 3 aromatic rings. The van der Waals surface area contributed by atoms with Crippen molar-refractivity contribution < 1.29 is 23.8 Å². The lowest BCUT2D eigenvalue weighted by molar-refractivity contribution is -0.122. The first kappa shape index (κ1) is 21.9. The van der Waals surface area contributed by atoms with Gasteiger partial charge in [-0.1, -0.05) is 47.5 Å². The topological polar surface area (TPSA) is 89.1 Å². The first-order chi connectivity index (χ1) is 17.0. The molecule has 0 aliphatic carbocycles. The van der Waals surface area contributed by atoms with E-state index in [1.807, 2.05) is 30.3 Å². The molecule has 0 radical (unpaired) electrons. The standard InChI is InChI=1S/C25H19Cl2N3O5/c26-16-5-3-6-17(22(16)27)29-24(32)28-8-9-30-18-7-2-1-4-14(18)25(23(30)31)12-33-19-11-21-20(10-15(19)25)34-13-35-21/h1-7,10-11H,8-9,12-13H2,(H2,28,29,32). The van der Waals surface area contributed by atoms with Crippen LogP contribution in [0.4, 0.5) is 16.2 Å². The smallest absolute Gasteiger partial charge is 0.319 e. The first-order valence-corrected chi connectivity index (χ1v) is 11.7. The Labute approximate surface area is 210 Å². The van der Waals surface area contributed by atoms with Crippen molar-refractivity contribution in [3.8, 4) is 17.2 Å². The molecule has 0 saturated heterocycles. The van der Waals surface area contributed by atoms with Crippen LogP contribution in [0.2, 0.25) is 10.0 Å². The van der Waals surface area contributed by atoms with E-state index in [1.54, 1.807) is 29.2 Å². The number of hydrogen-bond donors (Lipinski definition) is 2. The second-order valence-electron chi connectivity index (χ2n) is 8.35. The Bertz CT molecular complexity index is 1380. The summed E-state index contributed by atoms with van der Waals surface area (Å²) in [5.74, 6) is 1.69. The van der Waals surface area contributed by atoms with Crippen LogP contribution in [0.5, 0.6) is 17.2 Å². The van der Waals surface area contributed by atoms with E-state index >= 15 is 0 Å². The highest BCUT2D eigenvalue weighted by molar-refractivity contribution is 6.44. The van der Waals surface area contributed by atoms with Crippen LogP contribution in [0.3, 0.4) is 0 Å². The van der Waals surface area contributed by atoms with Crippen LogP contribution in [0.1, 0.15) is 11.1 Å². The Morgan fingerprint density at radius 2 is 1.77 bits per heavy atom. The van der Waals surface area contributed by atoms with Gasteiger partial charge in [0, 0.05) is 30.4 Å². The van der Waals surface area contributed by atoms with Gasteiger partial charge >= 0.3 is 6.03 Å². The van der Waals surface area contributed by atoms with Gasteiger partial charge < -0.3 is 29.7 Å². The summed E-state index contributed by atoms with van der Waals surface area (Å²) in [4.78, 5) is 28.0. The van der Waals surface area contributed by atoms with E-state index in [0.29, 0.717) is 28.0 Å². The van der Waals surface area contributed by atoms with E-state index < -0.39 is 11.4 Å². The van der Waals surface area contributed by atoms with E-state index in [0.717, 1.165) is 16.8 Å². The van der Waals surface area contributed by atoms with Crippen LogP contribution in [0, 0.1) is 0 Å². The second kappa shape index (κ2) is 8.25. The number of carbonyl (C=O) groups is 2. The van der Waals surface area contributed by atoms with Gasteiger partial charge in [0.15, 0.2) is 11.5 Å². The molecule has 0 fully saturated rings. The average molecular weight is 512 g/mol. The summed E-state index contributed by atoms with van der Waals surface area (Å²) >= 11 is 12.1. The van der Waals surface area contributed by atoms with Crippen molar-refractivity contribution in [1.82, 2.24) is 5.32 Å². The SMILES string of the molecule is O=C(NCCN1C(=O)C2(COc3cc4c(cc32)OCO4)c2ccccc21)Nc1cccc(Cl)c1Cl. The molecule has 6 rings (SSSR count). The number of hydrogen-bond acceptors (Lipinski definition) is 5. The van der Waals surface area contributed by atoms with Crippen molar-refractivity contribution in [2.45, 2.75) is 5.41 Å².